The molecule has 2 amide bonds. The fourth-order valence-corrected chi connectivity index (χ4v) is 1.26. The second-order valence-electron chi connectivity index (χ2n) is 3.67. The van der Waals surface area contributed by atoms with Crippen LogP contribution in [0.1, 0.15) is 27.6 Å². The lowest BCUT2D eigenvalue weighted by Gasteiger charge is -2.10. The van der Waals surface area contributed by atoms with Gasteiger partial charge in [-0.15, -0.1) is 0 Å². The SMILES string of the molecule is COC(=O)c1cccc(C(=O)N[C@H](C)C(N)=O)c1. The van der Waals surface area contributed by atoms with Gasteiger partial charge in [-0.2, -0.15) is 0 Å². The van der Waals surface area contributed by atoms with E-state index in [1.54, 1.807) is 6.07 Å². The fourth-order valence-electron chi connectivity index (χ4n) is 1.26. The number of hydrogen-bond acceptors (Lipinski definition) is 4. The quantitative estimate of drug-likeness (QED) is 0.739. The van der Waals surface area contributed by atoms with Crippen LogP contribution in [0.4, 0.5) is 0 Å². The molecule has 0 aliphatic carbocycles. The zero-order chi connectivity index (χ0) is 13.7. The monoisotopic (exact) mass is 250 g/mol. The first-order chi connectivity index (χ1) is 8.45. The van der Waals surface area contributed by atoms with Crippen LogP contribution < -0.4 is 11.1 Å². The largest absolute Gasteiger partial charge is 0.465 e. The van der Waals surface area contributed by atoms with Crippen molar-refractivity contribution in [2.24, 2.45) is 5.73 Å². The van der Waals surface area contributed by atoms with Crippen molar-refractivity contribution in [1.82, 2.24) is 5.32 Å². The molecule has 0 aromatic heterocycles. The van der Waals surface area contributed by atoms with Crippen LogP contribution in [0.5, 0.6) is 0 Å². The topological polar surface area (TPSA) is 98.5 Å². The van der Waals surface area contributed by atoms with Crippen molar-refractivity contribution in [2.75, 3.05) is 7.11 Å². The highest BCUT2D eigenvalue weighted by atomic mass is 16.5. The number of esters is 1. The van der Waals surface area contributed by atoms with Gasteiger partial charge < -0.3 is 15.8 Å². The Morgan fingerprint density at radius 2 is 1.89 bits per heavy atom. The lowest BCUT2D eigenvalue weighted by atomic mass is 10.1. The van der Waals surface area contributed by atoms with Gasteiger partial charge in [0.25, 0.3) is 5.91 Å². The number of benzene rings is 1. The van der Waals surface area contributed by atoms with Crippen molar-refractivity contribution in [3.05, 3.63) is 35.4 Å². The van der Waals surface area contributed by atoms with E-state index in [0.717, 1.165) is 0 Å². The molecule has 0 saturated carbocycles. The Bertz CT molecular complexity index is 485. The first-order valence-corrected chi connectivity index (χ1v) is 5.24. The van der Waals surface area contributed by atoms with Gasteiger partial charge >= 0.3 is 5.97 Å². The summed E-state index contributed by atoms with van der Waals surface area (Å²) in [6, 6.07) is 5.21. The van der Waals surface area contributed by atoms with E-state index in [-0.39, 0.29) is 11.1 Å². The number of ether oxygens (including phenoxy) is 1. The molecule has 0 fully saturated rings. The van der Waals surface area contributed by atoms with Crippen molar-refractivity contribution in [3.8, 4) is 0 Å². The number of carbonyl (C=O) groups is 3. The predicted molar refractivity (Wildman–Crippen MR) is 63.9 cm³/mol. The maximum Gasteiger partial charge on any atom is 0.337 e. The zero-order valence-electron chi connectivity index (χ0n) is 10.1. The van der Waals surface area contributed by atoms with Gasteiger partial charge in [0, 0.05) is 5.56 Å². The molecule has 0 aliphatic heterocycles. The molecule has 3 N–H and O–H groups in total. The summed E-state index contributed by atoms with van der Waals surface area (Å²) in [4.78, 5) is 33.9. The number of hydrogen-bond donors (Lipinski definition) is 2. The van der Waals surface area contributed by atoms with Crippen molar-refractivity contribution >= 4 is 17.8 Å². The molecule has 18 heavy (non-hydrogen) atoms. The Morgan fingerprint density at radius 1 is 1.28 bits per heavy atom. The van der Waals surface area contributed by atoms with Crippen LogP contribution in [0, 0.1) is 0 Å². The third-order valence-corrected chi connectivity index (χ3v) is 2.32. The molecule has 1 atom stereocenters. The number of nitrogens with two attached hydrogens (primary N) is 1. The Morgan fingerprint density at radius 3 is 2.44 bits per heavy atom. The minimum Gasteiger partial charge on any atom is -0.465 e. The minimum absolute atomic E-state index is 0.256. The molecule has 0 aliphatic rings. The van der Waals surface area contributed by atoms with Crippen LogP contribution in [0.25, 0.3) is 0 Å². The molecule has 96 valence electrons. The number of rotatable bonds is 4. The van der Waals surface area contributed by atoms with Crippen LogP contribution in [0.15, 0.2) is 24.3 Å². The third-order valence-electron chi connectivity index (χ3n) is 2.32. The summed E-state index contributed by atoms with van der Waals surface area (Å²) in [7, 11) is 1.25. The molecular weight excluding hydrogens is 236 g/mol. The molecule has 0 unspecified atom stereocenters. The van der Waals surface area contributed by atoms with Crippen LogP contribution in [-0.2, 0) is 9.53 Å². The Kier molecular flexibility index (Phi) is 4.42. The molecule has 1 aromatic rings. The summed E-state index contributed by atoms with van der Waals surface area (Å²) >= 11 is 0. The maximum atomic E-state index is 11.8. The van der Waals surface area contributed by atoms with Crippen LogP contribution in [0.3, 0.4) is 0 Å². The Balaban J connectivity index is 2.87. The van der Waals surface area contributed by atoms with Gasteiger partial charge in [0.1, 0.15) is 6.04 Å². The van der Waals surface area contributed by atoms with E-state index in [1.165, 1.54) is 32.2 Å². The first kappa shape index (κ1) is 13.7. The maximum absolute atomic E-state index is 11.8. The van der Waals surface area contributed by atoms with Gasteiger partial charge in [-0.25, -0.2) is 4.79 Å². The zero-order valence-corrected chi connectivity index (χ0v) is 10.1. The third kappa shape index (κ3) is 3.31. The minimum atomic E-state index is -0.778. The van der Waals surface area contributed by atoms with E-state index in [1.807, 2.05) is 0 Å². The van der Waals surface area contributed by atoms with Gasteiger partial charge in [0.05, 0.1) is 12.7 Å². The summed E-state index contributed by atoms with van der Waals surface area (Å²) in [5, 5.41) is 2.41. The second-order valence-corrected chi connectivity index (χ2v) is 3.67. The van der Waals surface area contributed by atoms with Gasteiger partial charge in [0.2, 0.25) is 5.91 Å². The van der Waals surface area contributed by atoms with Crippen LogP contribution >= 0.6 is 0 Å². The molecule has 1 aromatic carbocycles. The van der Waals surface area contributed by atoms with Gasteiger partial charge in [0.15, 0.2) is 0 Å². The van der Waals surface area contributed by atoms with E-state index in [2.05, 4.69) is 10.1 Å². The van der Waals surface area contributed by atoms with E-state index in [9.17, 15) is 14.4 Å². The lowest BCUT2D eigenvalue weighted by molar-refractivity contribution is -0.119. The standard InChI is InChI=1S/C12H14N2O4/c1-7(10(13)15)14-11(16)8-4-3-5-9(6-8)12(17)18-2/h3-7H,1-2H3,(H2,13,15)(H,14,16)/t7-/m1/s1. The number of amides is 2. The number of primary amides is 1. The molecule has 0 bridgehead atoms. The van der Waals surface area contributed by atoms with Crippen LogP contribution in [0.2, 0.25) is 0 Å². The van der Waals surface area contributed by atoms with Crippen molar-refractivity contribution < 1.29 is 19.1 Å². The second kappa shape index (κ2) is 5.81. The number of carbonyl (C=O) groups excluding carboxylic acids is 3. The predicted octanol–water partition coefficient (Wildman–Crippen LogP) is 0.0768. The number of methoxy groups -OCH3 is 1. The van der Waals surface area contributed by atoms with E-state index in [0.29, 0.717) is 0 Å². The number of nitrogens with one attached hydrogen (secondary N) is 1. The molecule has 6 nitrogen and oxygen atoms in total. The Hall–Kier alpha value is -2.37. The fraction of sp³-hybridized carbons (Fsp3) is 0.250. The summed E-state index contributed by atoms with van der Waals surface area (Å²) in [6.45, 7) is 1.48. The smallest absolute Gasteiger partial charge is 0.337 e. The summed E-state index contributed by atoms with van der Waals surface area (Å²) < 4.78 is 4.55. The van der Waals surface area contributed by atoms with Gasteiger partial charge in [-0.05, 0) is 25.1 Å². The Labute approximate surface area is 104 Å². The molecule has 0 heterocycles. The normalized spacial score (nSPS) is 11.4. The molecular formula is C12H14N2O4. The molecule has 6 heteroatoms. The highest BCUT2D eigenvalue weighted by Gasteiger charge is 2.15. The van der Waals surface area contributed by atoms with Gasteiger partial charge in [-0.1, -0.05) is 6.07 Å². The first-order valence-electron chi connectivity index (χ1n) is 5.24. The van der Waals surface area contributed by atoms with E-state index >= 15 is 0 Å². The molecule has 0 saturated heterocycles. The average Bonchev–Trinajstić information content (AvgIpc) is 2.37. The van der Waals surface area contributed by atoms with E-state index in [4.69, 9.17) is 5.73 Å². The summed E-state index contributed by atoms with van der Waals surface area (Å²) in [5.41, 5.74) is 5.55. The molecule has 0 radical (unpaired) electrons. The van der Waals surface area contributed by atoms with Crippen LogP contribution in [-0.4, -0.2) is 30.9 Å². The average molecular weight is 250 g/mol. The molecule has 0 spiro atoms. The summed E-state index contributed by atoms with van der Waals surface area (Å²) in [5.74, 6) is -1.65. The van der Waals surface area contributed by atoms with Gasteiger partial charge in [-0.3, -0.25) is 9.59 Å². The van der Waals surface area contributed by atoms with Crippen molar-refractivity contribution in [1.29, 1.82) is 0 Å². The van der Waals surface area contributed by atoms with Crippen molar-refractivity contribution in [2.45, 2.75) is 13.0 Å². The molecule has 1 rings (SSSR count). The van der Waals surface area contributed by atoms with E-state index < -0.39 is 23.8 Å². The highest BCUT2D eigenvalue weighted by molar-refractivity contribution is 5.99. The summed E-state index contributed by atoms with van der Waals surface area (Å²) in [6.07, 6.45) is 0. The highest BCUT2D eigenvalue weighted by Crippen LogP contribution is 2.06. The lowest BCUT2D eigenvalue weighted by Crippen LogP contribution is -2.42. The van der Waals surface area contributed by atoms with Crippen molar-refractivity contribution in [3.63, 3.8) is 0 Å².